The summed E-state index contributed by atoms with van der Waals surface area (Å²) in [5.41, 5.74) is 5.59. The van der Waals surface area contributed by atoms with Crippen LogP contribution in [0.25, 0.3) is 0 Å². The Kier molecular flexibility index (Phi) is 7.17. The van der Waals surface area contributed by atoms with Crippen LogP contribution in [-0.4, -0.2) is 99.7 Å². The zero-order valence-corrected chi connectivity index (χ0v) is 19.7. The first-order chi connectivity index (χ1) is 16.8. The molecule has 2 aliphatic rings. The van der Waals surface area contributed by atoms with E-state index in [9.17, 15) is 24.3 Å². The fraction of sp³-hybridized carbons (Fsp3) is 0.312. The Labute approximate surface area is 207 Å². The number of fused-ring (bicyclic) bond motifs is 1. The highest BCUT2D eigenvalue weighted by molar-refractivity contribution is 8.01. The number of thioether (sulfide) groups is 2. The second-order valence-corrected chi connectivity index (χ2v) is 9.72. The highest BCUT2D eigenvalue weighted by atomic mass is 32.2. The summed E-state index contributed by atoms with van der Waals surface area (Å²) in [7, 11) is 0. The average Bonchev–Trinajstić information content (AvgIpc) is 3.49. The number of H-pyrrole nitrogens is 1. The number of hydrogen-bond acceptors (Lipinski definition) is 14. The lowest BCUT2D eigenvalue weighted by molar-refractivity contribution is -0.150. The number of tetrazole rings is 1. The van der Waals surface area contributed by atoms with E-state index in [1.54, 1.807) is 0 Å². The molecule has 2 atom stereocenters. The van der Waals surface area contributed by atoms with E-state index in [2.05, 4.69) is 40.9 Å². The molecule has 0 aromatic carbocycles. The van der Waals surface area contributed by atoms with Crippen molar-refractivity contribution in [3.8, 4) is 0 Å². The molecule has 2 amide bonds. The van der Waals surface area contributed by atoms with Gasteiger partial charge in [0.15, 0.2) is 10.8 Å². The van der Waals surface area contributed by atoms with E-state index in [1.807, 2.05) is 0 Å². The van der Waals surface area contributed by atoms with Gasteiger partial charge in [-0.05, 0) is 10.8 Å². The number of aromatic nitrogens is 5. The van der Waals surface area contributed by atoms with E-state index < -0.39 is 41.8 Å². The molecule has 0 radical (unpaired) electrons. The van der Waals surface area contributed by atoms with Gasteiger partial charge in [0.05, 0.1) is 0 Å². The second-order valence-electron chi connectivity index (χ2n) is 6.78. The topological polar surface area (TPSA) is 239 Å². The number of carbonyl (C=O) groups excluding carboxylic acids is 2. The molecule has 1 fully saturated rings. The number of carbonyl (C=O) groups is 4. The second kappa shape index (κ2) is 10.3. The zero-order chi connectivity index (χ0) is 25.1. The van der Waals surface area contributed by atoms with Crippen LogP contribution >= 0.6 is 34.9 Å². The minimum Gasteiger partial charge on any atom is -0.479 e. The van der Waals surface area contributed by atoms with Crippen LogP contribution in [-0.2, 0) is 24.0 Å². The molecule has 0 aliphatic carbocycles. The number of carboxylic acids is 2. The lowest BCUT2D eigenvalue weighted by atomic mass is 10.0. The molecule has 2 aromatic rings. The first-order valence-electron chi connectivity index (χ1n) is 9.46. The Hall–Kier alpha value is -3.71. The van der Waals surface area contributed by atoms with Crippen LogP contribution in [0.1, 0.15) is 5.69 Å². The molecule has 4 heterocycles. The number of aliphatic carboxylic acids is 2. The largest absolute Gasteiger partial charge is 0.479 e. The number of β-lactam (4-membered cyclic amide) rings is 1. The molecule has 4 rings (SSSR count). The number of hydrogen-bond donors (Lipinski definition) is 5. The number of nitrogens with one attached hydrogen (secondary N) is 2. The Morgan fingerprint density at radius 2 is 2.20 bits per heavy atom. The summed E-state index contributed by atoms with van der Waals surface area (Å²) in [5, 5.41) is 39.1. The van der Waals surface area contributed by atoms with Crippen molar-refractivity contribution in [3.05, 3.63) is 22.3 Å². The summed E-state index contributed by atoms with van der Waals surface area (Å²) in [6.07, 6.45) is 0. The van der Waals surface area contributed by atoms with Crippen LogP contribution in [0.4, 0.5) is 5.13 Å². The van der Waals surface area contributed by atoms with Gasteiger partial charge in [-0.3, -0.25) is 14.5 Å². The highest BCUT2D eigenvalue weighted by Crippen LogP contribution is 2.41. The maximum Gasteiger partial charge on any atom is 0.352 e. The number of aromatic amines is 1. The monoisotopic (exact) mass is 541 g/mol. The van der Waals surface area contributed by atoms with E-state index in [0.717, 1.165) is 28.0 Å². The molecule has 184 valence electrons. The van der Waals surface area contributed by atoms with Gasteiger partial charge in [0.25, 0.3) is 11.8 Å². The van der Waals surface area contributed by atoms with Gasteiger partial charge in [-0.15, -0.1) is 33.3 Å². The Morgan fingerprint density at radius 3 is 2.83 bits per heavy atom. The highest BCUT2D eigenvalue weighted by Gasteiger charge is 2.54. The summed E-state index contributed by atoms with van der Waals surface area (Å²) in [6, 6.07) is -1.05. The summed E-state index contributed by atoms with van der Waals surface area (Å²) in [5.74, 6) is -3.56. The van der Waals surface area contributed by atoms with Crippen molar-refractivity contribution in [3.63, 3.8) is 0 Å². The number of nitrogen functional groups attached to an aromatic ring is 1. The average molecular weight is 542 g/mol. The number of rotatable bonds is 10. The quantitative estimate of drug-likeness (QED) is 0.100. The summed E-state index contributed by atoms with van der Waals surface area (Å²) in [4.78, 5) is 58.1. The predicted molar refractivity (Wildman–Crippen MR) is 121 cm³/mol. The lowest BCUT2D eigenvalue weighted by Gasteiger charge is -2.49. The molecule has 6 N–H and O–H groups in total. The number of amides is 2. The van der Waals surface area contributed by atoms with Crippen molar-refractivity contribution >= 4 is 69.5 Å². The number of nitrogens with two attached hydrogens (primary N) is 1. The van der Waals surface area contributed by atoms with Crippen LogP contribution in [0.3, 0.4) is 0 Å². The fourth-order valence-corrected chi connectivity index (χ4v) is 5.89. The van der Waals surface area contributed by atoms with Gasteiger partial charge in [-0.1, -0.05) is 16.9 Å². The number of oxime groups is 1. The SMILES string of the molecule is Nc1nc(/C(=N\OCC(=O)O)C(=O)NC2C(=O)N3C(C(=O)O)=C(CSc4nn[nH]n4)CSC23)cs1. The Morgan fingerprint density at radius 1 is 1.40 bits per heavy atom. The third-order valence-corrected chi connectivity index (χ3v) is 7.50. The number of anilines is 1. The van der Waals surface area contributed by atoms with Gasteiger partial charge in [-0.25, -0.2) is 14.6 Å². The van der Waals surface area contributed by atoms with Crippen molar-refractivity contribution in [1.82, 2.24) is 35.8 Å². The molecule has 0 spiro atoms. The van der Waals surface area contributed by atoms with Crippen LogP contribution in [0.15, 0.2) is 27.0 Å². The molecule has 0 bridgehead atoms. The normalized spacial score (nSPS) is 19.7. The van der Waals surface area contributed by atoms with Gasteiger partial charge in [0, 0.05) is 16.9 Å². The standard InChI is InChI=1S/C16H15N9O7S3/c17-15-18-6(4-34-15)8(22-32-1-7(26)27)11(28)19-9-12(29)25-10(14(30)31)5(2-33-13(9)25)3-35-16-20-23-24-21-16/h4,9,13H,1-3H2,(H2,17,18)(H,19,28)(H,26,27)(H,30,31)(H,20,21,23,24)/b22-8+. The van der Waals surface area contributed by atoms with E-state index in [-0.39, 0.29) is 28.0 Å². The molecular formula is C16H15N9O7S3. The molecule has 2 aliphatic heterocycles. The summed E-state index contributed by atoms with van der Waals surface area (Å²) < 4.78 is 0. The molecule has 0 saturated carbocycles. The predicted octanol–water partition coefficient (Wildman–Crippen LogP) is -1.43. The van der Waals surface area contributed by atoms with Crippen LogP contribution in [0, 0.1) is 0 Å². The van der Waals surface area contributed by atoms with Crippen molar-refractivity contribution < 1.29 is 34.2 Å². The van der Waals surface area contributed by atoms with Gasteiger partial charge in [0.1, 0.15) is 22.8 Å². The molecule has 35 heavy (non-hydrogen) atoms. The maximum absolute atomic E-state index is 12.9. The van der Waals surface area contributed by atoms with E-state index in [1.165, 1.54) is 17.1 Å². The minimum atomic E-state index is -1.31. The molecule has 19 heteroatoms. The van der Waals surface area contributed by atoms with Crippen molar-refractivity contribution in [2.24, 2.45) is 5.16 Å². The van der Waals surface area contributed by atoms with E-state index in [4.69, 9.17) is 10.8 Å². The lowest BCUT2D eigenvalue weighted by Crippen LogP contribution is -2.71. The molecular weight excluding hydrogens is 526 g/mol. The van der Waals surface area contributed by atoms with Gasteiger partial charge >= 0.3 is 11.9 Å². The number of thiazole rings is 1. The number of carboxylic acid groups (broad SMARTS) is 2. The van der Waals surface area contributed by atoms with Crippen molar-refractivity contribution in [1.29, 1.82) is 0 Å². The van der Waals surface area contributed by atoms with Gasteiger partial charge in [0.2, 0.25) is 11.8 Å². The van der Waals surface area contributed by atoms with E-state index in [0.29, 0.717) is 16.5 Å². The van der Waals surface area contributed by atoms with Crippen molar-refractivity contribution in [2.75, 3.05) is 23.8 Å². The fourth-order valence-electron chi connectivity index (χ4n) is 3.12. The molecule has 2 unspecified atom stereocenters. The van der Waals surface area contributed by atoms with Gasteiger partial charge < -0.3 is 26.1 Å². The molecule has 1 saturated heterocycles. The first-order valence-corrected chi connectivity index (χ1v) is 12.4. The van der Waals surface area contributed by atoms with E-state index >= 15 is 0 Å². The summed E-state index contributed by atoms with van der Waals surface area (Å²) in [6.45, 7) is -0.803. The zero-order valence-electron chi connectivity index (χ0n) is 17.3. The Balaban J connectivity index is 1.49. The smallest absolute Gasteiger partial charge is 0.352 e. The summed E-state index contributed by atoms with van der Waals surface area (Å²) >= 11 is 3.46. The van der Waals surface area contributed by atoms with Gasteiger partial charge in [-0.2, -0.15) is 5.21 Å². The first kappa shape index (κ1) is 24.4. The maximum atomic E-state index is 12.9. The Bertz CT molecular complexity index is 1230. The van der Waals surface area contributed by atoms with Crippen LogP contribution in [0.5, 0.6) is 0 Å². The molecule has 16 nitrogen and oxygen atoms in total. The molecule has 2 aromatic heterocycles. The van der Waals surface area contributed by atoms with Crippen LogP contribution < -0.4 is 11.1 Å². The number of nitrogens with zero attached hydrogens (tertiary/aromatic N) is 6. The third kappa shape index (κ3) is 5.20. The third-order valence-electron chi connectivity index (χ3n) is 4.56. The van der Waals surface area contributed by atoms with Crippen molar-refractivity contribution in [2.45, 2.75) is 16.6 Å². The van der Waals surface area contributed by atoms with Crippen LogP contribution in [0.2, 0.25) is 0 Å². The minimum absolute atomic E-state index is 0.0298.